The Hall–Kier alpha value is -1.62. The molecule has 0 spiro atoms. The van der Waals surface area contributed by atoms with Gasteiger partial charge in [0.25, 0.3) is 5.91 Å². The molecule has 18 heavy (non-hydrogen) atoms. The highest BCUT2D eigenvalue weighted by atomic mass is 16.5. The van der Waals surface area contributed by atoms with Gasteiger partial charge in [-0.1, -0.05) is 13.0 Å². The van der Waals surface area contributed by atoms with Crippen molar-refractivity contribution in [1.29, 1.82) is 0 Å². The lowest BCUT2D eigenvalue weighted by molar-refractivity contribution is 0.0238. The SMILES string of the molecule is CC1(CNC(=O)c2cccc(=O)[nH]2)CCOCC1. The van der Waals surface area contributed by atoms with Crippen LogP contribution in [0, 0.1) is 5.41 Å². The maximum Gasteiger partial charge on any atom is 0.267 e. The lowest BCUT2D eigenvalue weighted by Gasteiger charge is -2.33. The number of pyridine rings is 1. The van der Waals surface area contributed by atoms with E-state index in [-0.39, 0.29) is 16.9 Å². The number of H-pyrrole nitrogens is 1. The molecule has 5 nitrogen and oxygen atoms in total. The number of hydrogen-bond donors (Lipinski definition) is 2. The zero-order valence-electron chi connectivity index (χ0n) is 10.5. The van der Waals surface area contributed by atoms with Crippen LogP contribution in [0.2, 0.25) is 0 Å². The number of carbonyl (C=O) groups is 1. The van der Waals surface area contributed by atoms with Crippen molar-refractivity contribution < 1.29 is 9.53 Å². The molecule has 1 saturated heterocycles. The van der Waals surface area contributed by atoms with Crippen molar-refractivity contribution in [1.82, 2.24) is 10.3 Å². The highest BCUT2D eigenvalue weighted by Gasteiger charge is 2.27. The second-order valence-corrected chi connectivity index (χ2v) is 5.03. The van der Waals surface area contributed by atoms with Gasteiger partial charge in [0.2, 0.25) is 5.56 Å². The first-order valence-electron chi connectivity index (χ1n) is 6.14. The van der Waals surface area contributed by atoms with Gasteiger partial charge in [-0.2, -0.15) is 0 Å². The summed E-state index contributed by atoms with van der Waals surface area (Å²) < 4.78 is 5.31. The summed E-state index contributed by atoms with van der Waals surface area (Å²) in [6.45, 7) is 4.23. The van der Waals surface area contributed by atoms with E-state index in [1.807, 2.05) is 0 Å². The molecule has 0 aliphatic carbocycles. The van der Waals surface area contributed by atoms with Crippen LogP contribution in [0.15, 0.2) is 23.0 Å². The minimum Gasteiger partial charge on any atom is -0.381 e. The molecule has 2 heterocycles. The predicted molar refractivity (Wildman–Crippen MR) is 67.6 cm³/mol. The van der Waals surface area contributed by atoms with Crippen molar-refractivity contribution in [3.8, 4) is 0 Å². The number of ether oxygens (including phenoxy) is 1. The van der Waals surface area contributed by atoms with E-state index < -0.39 is 0 Å². The number of carbonyl (C=O) groups excluding carboxylic acids is 1. The molecule has 2 N–H and O–H groups in total. The molecule has 2 rings (SSSR count). The molecule has 0 bridgehead atoms. The predicted octanol–water partition coefficient (Wildman–Crippen LogP) is 0.921. The number of nitrogens with one attached hydrogen (secondary N) is 2. The quantitative estimate of drug-likeness (QED) is 0.838. The average molecular weight is 250 g/mol. The van der Waals surface area contributed by atoms with Crippen molar-refractivity contribution in [2.24, 2.45) is 5.41 Å². The summed E-state index contributed by atoms with van der Waals surface area (Å²) in [5, 5.41) is 2.87. The van der Waals surface area contributed by atoms with E-state index in [0.29, 0.717) is 12.2 Å². The fraction of sp³-hybridized carbons (Fsp3) is 0.538. The first-order chi connectivity index (χ1) is 8.59. The Labute approximate surface area is 106 Å². The summed E-state index contributed by atoms with van der Waals surface area (Å²) in [5.74, 6) is -0.236. The smallest absolute Gasteiger partial charge is 0.267 e. The maximum atomic E-state index is 11.9. The Bertz CT molecular complexity index is 475. The second kappa shape index (κ2) is 5.35. The third kappa shape index (κ3) is 3.20. The van der Waals surface area contributed by atoms with Gasteiger partial charge in [-0.05, 0) is 24.3 Å². The van der Waals surface area contributed by atoms with E-state index in [2.05, 4.69) is 17.2 Å². The van der Waals surface area contributed by atoms with Gasteiger partial charge in [0.15, 0.2) is 0 Å². The Morgan fingerprint density at radius 3 is 2.83 bits per heavy atom. The monoisotopic (exact) mass is 250 g/mol. The van der Waals surface area contributed by atoms with Crippen LogP contribution in [-0.2, 0) is 4.74 Å². The van der Waals surface area contributed by atoms with Crippen LogP contribution >= 0.6 is 0 Å². The van der Waals surface area contributed by atoms with E-state index in [9.17, 15) is 9.59 Å². The van der Waals surface area contributed by atoms with Crippen LogP contribution in [0.1, 0.15) is 30.3 Å². The van der Waals surface area contributed by atoms with Gasteiger partial charge in [-0.15, -0.1) is 0 Å². The molecule has 0 unspecified atom stereocenters. The lowest BCUT2D eigenvalue weighted by atomic mass is 9.82. The Balaban J connectivity index is 1.94. The summed E-state index contributed by atoms with van der Waals surface area (Å²) in [5.41, 5.74) is 0.126. The Morgan fingerprint density at radius 2 is 2.17 bits per heavy atom. The lowest BCUT2D eigenvalue weighted by Crippen LogP contribution is -2.39. The number of hydrogen-bond acceptors (Lipinski definition) is 3. The van der Waals surface area contributed by atoms with E-state index in [0.717, 1.165) is 26.1 Å². The molecule has 0 aromatic carbocycles. The molecule has 5 heteroatoms. The highest BCUT2D eigenvalue weighted by Crippen LogP contribution is 2.28. The van der Waals surface area contributed by atoms with Gasteiger partial charge < -0.3 is 15.0 Å². The minimum absolute atomic E-state index is 0.0863. The Morgan fingerprint density at radius 1 is 1.44 bits per heavy atom. The van der Waals surface area contributed by atoms with Gasteiger partial charge >= 0.3 is 0 Å². The van der Waals surface area contributed by atoms with E-state index in [4.69, 9.17) is 4.74 Å². The molecule has 1 fully saturated rings. The van der Waals surface area contributed by atoms with E-state index in [1.54, 1.807) is 12.1 Å². The molecule has 0 radical (unpaired) electrons. The number of rotatable bonds is 3. The topological polar surface area (TPSA) is 71.2 Å². The van der Waals surface area contributed by atoms with E-state index in [1.165, 1.54) is 6.07 Å². The van der Waals surface area contributed by atoms with Gasteiger partial charge in [-0.3, -0.25) is 9.59 Å². The number of aromatic nitrogens is 1. The van der Waals surface area contributed by atoms with Crippen LogP contribution < -0.4 is 10.9 Å². The average Bonchev–Trinajstić information content (AvgIpc) is 2.37. The maximum absolute atomic E-state index is 11.9. The van der Waals surface area contributed by atoms with Gasteiger partial charge in [0.1, 0.15) is 5.69 Å². The fourth-order valence-electron chi connectivity index (χ4n) is 2.01. The van der Waals surface area contributed by atoms with Crippen molar-refractivity contribution in [2.45, 2.75) is 19.8 Å². The summed E-state index contributed by atoms with van der Waals surface area (Å²) in [4.78, 5) is 25.5. The zero-order valence-corrected chi connectivity index (χ0v) is 10.5. The van der Waals surface area contributed by atoms with Gasteiger partial charge in [-0.25, -0.2) is 0 Å². The summed E-state index contributed by atoms with van der Waals surface area (Å²) >= 11 is 0. The summed E-state index contributed by atoms with van der Waals surface area (Å²) in [7, 11) is 0. The van der Waals surface area contributed by atoms with Gasteiger partial charge in [0.05, 0.1) is 0 Å². The van der Waals surface area contributed by atoms with Crippen LogP contribution in [0.5, 0.6) is 0 Å². The van der Waals surface area contributed by atoms with Crippen LogP contribution in [-0.4, -0.2) is 30.6 Å². The van der Waals surface area contributed by atoms with Crippen LogP contribution in [0.3, 0.4) is 0 Å². The highest BCUT2D eigenvalue weighted by molar-refractivity contribution is 5.92. The minimum atomic E-state index is -0.264. The molecule has 1 aromatic rings. The zero-order chi connectivity index (χ0) is 13.0. The van der Waals surface area contributed by atoms with Crippen LogP contribution in [0.4, 0.5) is 0 Å². The van der Waals surface area contributed by atoms with E-state index >= 15 is 0 Å². The molecular weight excluding hydrogens is 232 g/mol. The molecule has 98 valence electrons. The number of aromatic amines is 1. The molecule has 1 aromatic heterocycles. The third-order valence-electron chi connectivity index (χ3n) is 3.39. The Kier molecular flexibility index (Phi) is 3.81. The first kappa shape index (κ1) is 12.8. The molecule has 1 aliphatic rings. The molecule has 1 amide bonds. The number of amides is 1. The van der Waals surface area contributed by atoms with Crippen molar-refractivity contribution in [2.75, 3.05) is 19.8 Å². The van der Waals surface area contributed by atoms with Crippen molar-refractivity contribution >= 4 is 5.91 Å². The van der Waals surface area contributed by atoms with Crippen molar-refractivity contribution in [3.63, 3.8) is 0 Å². The van der Waals surface area contributed by atoms with Crippen LogP contribution in [0.25, 0.3) is 0 Å². The van der Waals surface area contributed by atoms with Gasteiger partial charge in [0, 0.05) is 25.8 Å². The third-order valence-corrected chi connectivity index (χ3v) is 3.39. The molecule has 0 saturated carbocycles. The second-order valence-electron chi connectivity index (χ2n) is 5.03. The summed E-state index contributed by atoms with van der Waals surface area (Å²) in [6.07, 6.45) is 1.89. The van der Waals surface area contributed by atoms with Crippen molar-refractivity contribution in [3.05, 3.63) is 34.2 Å². The standard InChI is InChI=1S/C13H18N2O3/c1-13(5-7-18-8-6-13)9-14-12(17)10-3-2-4-11(16)15-10/h2-4H,5-9H2,1H3,(H,14,17)(H,15,16). The molecular formula is C13H18N2O3. The molecule has 0 atom stereocenters. The normalized spacial score (nSPS) is 18.3. The fourth-order valence-corrected chi connectivity index (χ4v) is 2.01. The summed E-state index contributed by atoms with van der Waals surface area (Å²) in [6, 6.07) is 4.56. The largest absolute Gasteiger partial charge is 0.381 e. The first-order valence-corrected chi connectivity index (χ1v) is 6.14. The molecule has 1 aliphatic heterocycles.